The Hall–Kier alpha value is -3.00. The van der Waals surface area contributed by atoms with Crippen LogP contribution < -0.4 is 21.3 Å². The van der Waals surface area contributed by atoms with Gasteiger partial charge in [-0.1, -0.05) is 79.7 Å². The first-order valence-electron chi connectivity index (χ1n) is 18.4. The van der Waals surface area contributed by atoms with E-state index in [1.54, 1.807) is 0 Å². The van der Waals surface area contributed by atoms with Gasteiger partial charge in [0.2, 0.25) is 17.6 Å². The van der Waals surface area contributed by atoms with Crippen molar-refractivity contribution >= 4 is 39.4 Å². The van der Waals surface area contributed by atoms with Gasteiger partial charge in [0.25, 0.3) is 5.91 Å². The van der Waals surface area contributed by atoms with E-state index in [0.29, 0.717) is 25.8 Å². The molecule has 5 amide bonds. The molecule has 4 fully saturated rings. The molecule has 0 aromatic carbocycles. The molecule has 7 atom stereocenters. The Kier molecular flexibility index (Phi) is 12.8. The average molecular weight is 722 g/mol. The van der Waals surface area contributed by atoms with Crippen LogP contribution in [0, 0.1) is 29.1 Å². The highest BCUT2D eigenvalue weighted by atomic mass is 32.2. The number of fused-ring (bicyclic) bond motifs is 1. The van der Waals surface area contributed by atoms with Crippen molar-refractivity contribution < 1.29 is 37.1 Å². The number of sulfone groups is 1. The Morgan fingerprint density at radius 3 is 2.32 bits per heavy atom. The van der Waals surface area contributed by atoms with E-state index in [-0.39, 0.29) is 55.6 Å². The fraction of sp³-hybridized carbons (Fsp3) is 0.806. The van der Waals surface area contributed by atoms with Gasteiger partial charge in [-0.3, -0.25) is 19.2 Å². The number of Topliss-reactive ketones (excluding diaryl/α,β-unsaturated/α-hetero) is 1. The SMILES string of the molecule is C=CCNC(=O)C(=O)C(CCCC)NC(=O)C1C2C(CN1C(=O)C(NC(=O)NC1(C3COCCS3(=O)=O)CCCCC1)C(C)(C)C)C2C(C)C. The van der Waals surface area contributed by atoms with Gasteiger partial charge in [-0.15, -0.1) is 6.58 Å². The first-order chi connectivity index (χ1) is 23.5. The van der Waals surface area contributed by atoms with Crippen LogP contribution in [0.1, 0.15) is 92.9 Å². The predicted octanol–water partition coefficient (Wildman–Crippen LogP) is 2.49. The van der Waals surface area contributed by atoms with E-state index in [1.807, 2.05) is 27.7 Å². The van der Waals surface area contributed by atoms with E-state index >= 15 is 0 Å². The van der Waals surface area contributed by atoms with Crippen LogP contribution in [0.5, 0.6) is 0 Å². The smallest absolute Gasteiger partial charge is 0.315 e. The number of nitrogens with zero attached hydrogens (tertiary/aromatic N) is 1. The quantitative estimate of drug-likeness (QED) is 0.156. The van der Waals surface area contributed by atoms with E-state index < -0.39 is 73.7 Å². The molecule has 50 heavy (non-hydrogen) atoms. The summed E-state index contributed by atoms with van der Waals surface area (Å²) in [5, 5.41) is 10.4. The molecular weight excluding hydrogens is 662 g/mol. The molecule has 13 nitrogen and oxygen atoms in total. The summed E-state index contributed by atoms with van der Waals surface area (Å²) in [6, 6.07) is -3.61. The van der Waals surface area contributed by atoms with Gasteiger partial charge in [-0.25, -0.2) is 13.2 Å². The van der Waals surface area contributed by atoms with Crippen molar-refractivity contribution in [2.75, 3.05) is 32.1 Å². The predicted molar refractivity (Wildman–Crippen MR) is 190 cm³/mol. The van der Waals surface area contributed by atoms with Crippen molar-refractivity contribution in [1.29, 1.82) is 0 Å². The number of carbonyl (C=O) groups excluding carboxylic acids is 5. The second kappa shape index (κ2) is 16.1. The first-order valence-corrected chi connectivity index (χ1v) is 20.1. The molecule has 2 aliphatic heterocycles. The highest BCUT2D eigenvalue weighted by molar-refractivity contribution is 7.92. The third-order valence-electron chi connectivity index (χ3n) is 11.2. The first kappa shape index (κ1) is 39.8. The Bertz CT molecular complexity index is 1400. The lowest BCUT2D eigenvalue weighted by Crippen LogP contribution is -2.67. The summed E-state index contributed by atoms with van der Waals surface area (Å²) in [6.07, 6.45) is 6.54. The summed E-state index contributed by atoms with van der Waals surface area (Å²) >= 11 is 0. The second-order valence-corrected chi connectivity index (χ2v) is 18.4. The third kappa shape index (κ3) is 8.71. The molecule has 4 rings (SSSR count). The molecule has 0 aromatic heterocycles. The number of urea groups is 1. The number of ketones is 1. The molecule has 2 heterocycles. The van der Waals surface area contributed by atoms with Gasteiger partial charge in [-0.05, 0) is 48.3 Å². The van der Waals surface area contributed by atoms with Crippen LogP contribution >= 0.6 is 0 Å². The fourth-order valence-corrected chi connectivity index (χ4v) is 10.4. The highest BCUT2D eigenvalue weighted by Crippen LogP contribution is 2.59. The molecule has 4 N–H and O–H groups in total. The molecule has 4 aliphatic rings. The Labute approximate surface area is 297 Å². The largest absolute Gasteiger partial charge is 0.379 e. The van der Waals surface area contributed by atoms with Gasteiger partial charge < -0.3 is 30.9 Å². The van der Waals surface area contributed by atoms with Crippen molar-refractivity contribution in [2.45, 2.75) is 122 Å². The number of unbranched alkanes of at least 4 members (excludes halogenated alkanes) is 1. The second-order valence-electron chi connectivity index (χ2n) is 16.1. The number of amides is 5. The number of rotatable bonds is 14. The summed E-state index contributed by atoms with van der Waals surface area (Å²) in [6.45, 7) is 15.8. The van der Waals surface area contributed by atoms with Gasteiger partial charge in [0, 0.05) is 13.1 Å². The summed E-state index contributed by atoms with van der Waals surface area (Å²) in [7, 11) is -3.52. The number of likely N-dealkylation sites (tertiary alicyclic amines) is 1. The Balaban J connectivity index is 1.57. The molecule has 282 valence electrons. The summed E-state index contributed by atoms with van der Waals surface area (Å²) in [5.74, 6) is -2.10. The van der Waals surface area contributed by atoms with E-state index in [9.17, 15) is 32.4 Å². The molecule has 2 aliphatic carbocycles. The van der Waals surface area contributed by atoms with Crippen LogP contribution in [0.15, 0.2) is 12.7 Å². The van der Waals surface area contributed by atoms with Crippen LogP contribution in [-0.4, -0.2) is 104 Å². The molecule has 0 spiro atoms. The maximum Gasteiger partial charge on any atom is 0.315 e. The summed E-state index contributed by atoms with van der Waals surface area (Å²) in [5.41, 5.74) is -1.80. The standard InChI is InChI=1S/C36H59N5O8S/c1-8-10-14-24(29(42)32(44)37-17-9-2)38-31(43)28-27-23(26(27)22(3)4)20-41(28)33(45)30(35(5,6)7)39-34(46)40-36(15-12-11-13-16-36)25-21-49-18-19-50(25,47)48/h9,22-28,30H,2,8,10-21H2,1,3-7H3,(H,37,44)(H,38,43)(H2,39,40,46). The minimum atomic E-state index is -3.52. The molecule has 0 aromatic rings. The summed E-state index contributed by atoms with van der Waals surface area (Å²) < 4.78 is 32.0. The Morgan fingerprint density at radius 2 is 1.74 bits per heavy atom. The van der Waals surface area contributed by atoms with Crippen LogP contribution in [0.4, 0.5) is 4.79 Å². The summed E-state index contributed by atoms with van der Waals surface area (Å²) in [4.78, 5) is 69.8. The molecule has 0 radical (unpaired) electrons. The molecular formula is C36H59N5O8S. The maximum atomic E-state index is 14.5. The van der Waals surface area contributed by atoms with Crippen molar-refractivity contribution in [1.82, 2.24) is 26.2 Å². The minimum Gasteiger partial charge on any atom is -0.379 e. The number of nitrogens with one attached hydrogen (secondary N) is 4. The average Bonchev–Trinajstić information content (AvgIpc) is 3.63. The monoisotopic (exact) mass is 721 g/mol. The number of piperidine rings is 1. The molecule has 2 saturated heterocycles. The maximum absolute atomic E-state index is 14.5. The molecule has 14 heteroatoms. The molecule has 0 bridgehead atoms. The van der Waals surface area contributed by atoms with Gasteiger partial charge in [-0.2, -0.15) is 0 Å². The van der Waals surface area contributed by atoms with Gasteiger partial charge >= 0.3 is 6.03 Å². The lowest BCUT2D eigenvalue weighted by Gasteiger charge is -2.45. The van der Waals surface area contributed by atoms with E-state index in [0.717, 1.165) is 25.7 Å². The zero-order chi connectivity index (χ0) is 37.0. The lowest BCUT2D eigenvalue weighted by molar-refractivity contribution is -0.145. The normalized spacial score (nSPS) is 28.1. The molecule has 2 saturated carbocycles. The highest BCUT2D eigenvalue weighted by Gasteiger charge is 2.65. The van der Waals surface area contributed by atoms with Crippen molar-refractivity contribution in [3.8, 4) is 0 Å². The van der Waals surface area contributed by atoms with Crippen LogP contribution in [0.2, 0.25) is 0 Å². The third-order valence-corrected chi connectivity index (χ3v) is 13.3. The molecule has 7 unspecified atom stereocenters. The number of carbonyl (C=O) groups is 5. The lowest BCUT2D eigenvalue weighted by atomic mass is 9.79. The fourth-order valence-electron chi connectivity index (χ4n) is 8.52. The van der Waals surface area contributed by atoms with Crippen molar-refractivity contribution in [2.24, 2.45) is 29.1 Å². The Morgan fingerprint density at radius 1 is 1.06 bits per heavy atom. The van der Waals surface area contributed by atoms with Crippen LogP contribution in [0.25, 0.3) is 0 Å². The van der Waals surface area contributed by atoms with Gasteiger partial charge in [0.1, 0.15) is 17.3 Å². The number of hydrogen-bond acceptors (Lipinski definition) is 8. The minimum absolute atomic E-state index is 0.00623. The van der Waals surface area contributed by atoms with E-state index in [1.165, 1.54) is 11.0 Å². The number of hydrogen-bond donors (Lipinski definition) is 4. The topological polar surface area (TPSA) is 180 Å². The van der Waals surface area contributed by atoms with Crippen molar-refractivity contribution in [3.05, 3.63) is 12.7 Å². The van der Waals surface area contributed by atoms with Crippen molar-refractivity contribution in [3.63, 3.8) is 0 Å². The van der Waals surface area contributed by atoms with E-state index in [2.05, 4.69) is 41.7 Å². The van der Waals surface area contributed by atoms with Gasteiger partial charge in [0.05, 0.1) is 30.5 Å². The van der Waals surface area contributed by atoms with E-state index in [4.69, 9.17) is 4.74 Å². The van der Waals surface area contributed by atoms with Gasteiger partial charge in [0.15, 0.2) is 9.84 Å². The zero-order valence-corrected chi connectivity index (χ0v) is 31.5. The van der Waals surface area contributed by atoms with Crippen LogP contribution in [0.3, 0.4) is 0 Å². The zero-order valence-electron chi connectivity index (χ0n) is 30.7. The van der Waals surface area contributed by atoms with Crippen LogP contribution in [-0.2, 0) is 33.8 Å². The number of ether oxygens (including phenoxy) is 1.